The van der Waals surface area contributed by atoms with Crippen LogP contribution < -0.4 is 5.32 Å². The maximum absolute atomic E-state index is 8.87. The Labute approximate surface area is 150 Å². The maximum atomic E-state index is 8.87. The molecule has 26 heavy (non-hydrogen) atoms. The van der Waals surface area contributed by atoms with E-state index in [-0.39, 0.29) is 0 Å². The van der Waals surface area contributed by atoms with Crippen LogP contribution in [0.4, 0.5) is 11.5 Å². The summed E-state index contributed by atoms with van der Waals surface area (Å²) in [6.45, 7) is 0. The summed E-state index contributed by atoms with van der Waals surface area (Å²) in [6, 6.07) is 9.31. The third kappa shape index (κ3) is 3.10. The molecule has 0 bridgehead atoms. The summed E-state index contributed by atoms with van der Waals surface area (Å²) in [5, 5.41) is 16.3. The predicted molar refractivity (Wildman–Crippen MR) is 99.5 cm³/mol. The van der Waals surface area contributed by atoms with Crippen LogP contribution in [0.5, 0.6) is 0 Å². The van der Waals surface area contributed by atoms with E-state index in [0.717, 1.165) is 22.6 Å². The average Bonchev–Trinajstić information content (AvgIpc) is 3.30. The van der Waals surface area contributed by atoms with Gasteiger partial charge in [0.25, 0.3) is 0 Å². The topological polar surface area (TPSA) is 83.8 Å². The van der Waals surface area contributed by atoms with Gasteiger partial charge in [-0.15, -0.1) is 12.8 Å². The number of hydrogen-bond donors (Lipinski definition) is 1. The standard InChI is InChI=1S/C17H13N7.C2H2/c1-23-11-13(9-21-23)15-10-20-17-16(19-6-7-24(15)17)22-14-4-2-12(8-18)3-5-14;1-2/h2-7,9-11H,1H3,(H,19,22);1-2H. The lowest BCUT2D eigenvalue weighted by Gasteiger charge is -2.07. The molecule has 4 rings (SSSR count). The molecule has 0 fully saturated rings. The minimum Gasteiger partial charge on any atom is -0.337 e. The van der Waals surface area contributed by atoms with Gasteiger partial charge in [0.05, 0.1) is 29.7 Å². The molecule has 0 spiro atoms. The van der Waals surface area contributed by atoms with Gasteiger partial charge in [-0.3, -0.25) is 9.08 Å². The molecular formula is C19H15N7. The van der Waals surface area contributed by atoms with E-state index in [1.807, 2.05) is 36.0 Å². The van der Waals surface area contributed by atoms with Crippen molar-refractivity contribution in [1.82, 2.24) is 24.1 Å². The minimum atomic E-state index is 0.617. The van der Waals surface area contributed by atoms with Gasteiger partial charge in [-0.05, 0) is 24.3 Å². The Kier molecular flexibility index (Phi) is 4.64. The molecule has 0 aliphatic heterocycles. The molecule has 0 amide bonds. The summed E-state index contributed by atoms with van der Waals surface area (Å²) in [4.78, 5) is 8.86. The van der Waals surface area contributed by atoms with Crippen LogP contribution in [0.1, 0.15) is 5.56 Å². The number of rotatable bonds is 3. The number of nitriles is 1. The Hall–Kier alpha value is -4.10. The van der Waals surface area contributed by atoms with Gasteiger partial charge in [-0.25, -0.2) is 9.97 Å². The van der Waals surface area contributed by atoms with E-state index in [1.165, 1.54) is 0 Å². The van der Waals surface area contributed by atoms with E-state index in [4.69, 9.17) is 5.26 Å². The summed E-state index contributed by atoms with van der Waals surface area (Å²) in [5.41, 5.74) is 4.12. The highest BCUT2D eigenvalue weighted by atomic mass is 15.2. The first-order valence-electron chi connectivity index (χ1n) is 7.66. The first kappa shape index (κ1) is 16.7. The Bertz CT molecular complexity index is 1090. The van der Waals surface area contributed by atoms with Crippen LogP contribution >= 0.6 is 0 Å². The second kappa shape index (κ2) is 7.20. The van der Waals surface area contributed by atoms with Crippen LogP contribution in [0.15, 0.2) is 55.2 Å². The Morgan fingerprint density at radius 3 is 2.54 bits per heavy atom. The highest BCUT2D eigenvalue weighted by molar-refractivity contribution is 5.74. The van der Waals surface area contributed by atoms with Crippen molar-refractivity contribution >= 4 is 17.2 Å². The van der Waals surface area contributed by atoms with Crippen LogP contribution in [0.3, 0.4) is 0 Å². The number of anilines is 2. The van der Waals surface area contributed by atoms with E-state index in [2.05, 4.69) is 39.3 Å². The molecule has 7 heteroatoms. The fourth-order valence-corrected chi connectivity index (χ4v) is 2.54. The van der Waals surface area contributed by atoms with Crippen molar-refractivity contribution in [2.45, 2.75) is 0 Å². The van der Waals surface area contributed by atoms with Crippen LogP contribution in [0.2, 0.25) is 0 Å². The van der Waals surface area contributed by atoms with Gasteiger partial charge in [-0.2, -0.15) is 10.4 Å². The van der Waals surface area contributed by atoms with E-state index < -0.39 is 0 Å². The number of nitrogens with zero attached hydrogens (tertiary/aromatic N) is 6. The van der Waals surface area contributed by atoms with Gasteiger partial charge in [0.2, 0.25) is 0 Å². The normalized spacial score (nSPS) is 9.92. The lowest BCUT2D eigenvalue weighted by molar-refractivity contribution is 0.768. The summed E-state index contributed by atoms with van der Waals surface area (Å²) in [5.74, 6) is 0.650. The highest BCUT2D eigenvalue weighted by Crippen LogP contribution is 2.24. The minimum absolute atomic E-state index is 0.617. The van der Waals surface area contributed by atoms with Crippen LogP contribution in [-0.4, -0.2) is 24.1 Å². The quantitative estimate of drug-likeness (QED) is 0.579. The zero-order chi connectivity index (χ0) is 18.5. The lowest BCUT2D eigenvalue weighted by atomic mass is 10.2. The molecular weight excluding hydrogens is 326 g/mol. The monoisotopic (exact) mass is 341 g/mol. The number of imidazole rings is 1. The zero-order valence-corrected chi connectivity index (χ0v) is 14.0. The van der Waals surface area contributed by atoms with Gasteiger partial charge in [-0.1, -0.05) is 0 Å². The molecule has 0 aliphatic carbocycles. The Morgan fingerprint density at radius 1 is 1.12 bits per heavy atom. The Morgan fingerprint density at radius 2 is 1.88 bits per heavy atom. The fraction of sp³-hybridized carbons (Fsp3) is 0.0526. The molecule has 0 unspecified atom stereocenters. The zero-order valence-electron chi connectivity index (χ0n) is 14.0. The molecule has 7 nitrogen and oxygen atoms in total. The van der Waals surface area contributed by atoms with Crippen molar-refractivity contribution in [2.24, 2.45) is 7.05 Å². The van der Waals surface area contributed by atoms with Crippen molar-refractivity contribution in [1.29, 1.82) is 5.26 Å². The number of fused-ring (bicyclic) bond motifs is 1. The molecule has 0 saturated heterocycles. The fourth-order valence-electron chi connectivity index (χ4n) is 2.54. The first-order chi connectivity index (χ1) is 12.7. The molecule has 4 aromatic rings. The molecule has 0 aliphatic rings. The van der Waals surface area contributed by atoms with Gasteiger partial charge >= 0.3 is 0 Å². The molecule has 1 aromatic carbocycles. The van der Waals surface area contributed by atoms with Crippen molar-refractivity contribution in [2.75, 3.05) is 5.32 Å². The van der Waals surface area contributed by atoms with Gasteiger partial charge in [0, 0.05) is 36.9 Å². The maximum Gasteiger partial charge on any atom is 0.180 e. The second-order valence-corrected chi connectivity index (χ2v) is 5.33. The lowest BCUT2D eigenvalue weighted by Crippen LogP contribution is -1.98. The van der Waals surface area contributed by atoms with Crippen LogP contribution in [0, 0.1) is 24.2 Å². The molecule has 0 radical (unpaired) electrons. The van der Waals surface area contributed by atoms with Crippen LogP contribution in [-0.2, 0) is 7.05 Å². The summed E-state index contributed by atoms with van der Waals surface area (Å²) < 4.78 is 3.72. The largest absolute Gasteiger partial charge is 0.337 e. The van der Waals surface area contributed by atoms with Crippen LogP contribution in [0.25, 0.3) is 16.9 Å². The van der Waals surface area contributed by atoms with Crippen molar-refractivity contribution < 1.29 is 0 Å². The number of aryl methyl sites for hydroxylation is 1. The number of terminal acetylenes is 1. The van der Waals surface area contributed by atoms with E-state index in [0.29, 0.717) is 11.4 Å². The number of benzene rings is 1. The summed E-state index contributed by atoms with van der Waals surface area (Å²) in [6.07, 6.45) is 17.1. The SMILES string of the molecule is C#C.Cn1cc(-c2cnc3c(Nc4ccc(C#N)cc4)nccn23)cn1. The van der Waals surface area contributed by atoms with Gasteiger partial charge in [0.1, 0.15) is 0 Å². The number of hydrogen-bond acceptors (Lipinski definition) is 5. The molecule has 1 N–H and O–H groups in total. The van der Waals surface area contributed by atoms with Crippen molar-refractivity contribution in [3.05, 3.63) is 60.8 Å². The van der Waals surface area contributed by atoms with Gasteiger partial charge < -0.3 is 5.32 Å². The molecule has 126 valence electrons. The highest BCUT2D eigenvalue weighted by Gasteiger charge is 2.11. The molecule has 3 aromatic heterocycles. The number of aromatic nitrogens is 5. The van der Waals surface area contributed by atoms with Crippen molar-refractivity contribution in [3.63, 3.8) is 0 Å². The van der Waals surface area contributed by atoms with E-state index in [1.54, 1.807) is 35.4 Å². The average molecular weight is 341 g/mol. The second-order valence-electron chi connectivity index (χ2n) is 5.33. The van der Waals surface area contributed by atoms with E-state index >= 15 is 0 Å². The summed E-state index contributed by atoms with van der Waals surface area (Å²) >= 11 is 0. The molecule has 3 heterocycles. The molecule has 0 saturated carbocycles. The summed E-state index contributed by atoms with van der Waals surface area (Å²) in [7, 11) is 1.88. The molecule has 0 atom stereocenters. The predicted octanol–water partition coefficient (Wildman–Crippen LogP) is 2.99. The number of nitrogens with one attached hydrogen (secondary N) is 1. The third-order valence-corrected chi connectivity index (χ3v) is 3.71. The van der Waals surface area contributed by atoms with Gasteiger partial charge in [0.15, 0.2) is 11.5 Å². The third-order valence-electron chi connectivity index (χ3n) is 3.71. The first-order valence-corrected chi connectivity index (χ1v) is 7.66. The van der Waals surface area contributed by atoms with Crippen molar-refractivity contribution in [3.8, 4) is 30.2 Å². The Balaban J connectivity index is 0.000000948. The van der Waals surface area contributed by atoms with E-state index in [9.17, 15) is 0 Å². The smallest absolute Gasteiger partial charge is 0.180 e.